The van der Waals surface area contributed by atoms with Crippen LogP contribution in [0, 0.1) is 10.1 Å². The van der Waals surface area contributed by atoms with Gasteiger partial charge < -0.3 is 5.32 Å². The fourth-order valence-corrected chi connectivity index (χ4v) is 4.26. The molecular weight excluding hydrogens is 474 g/mol. The molecule has 172 valence electrons. The summed E-state index contributed by atoms with van der Waals surface area (Å²) < 4.78 is 1.94. The number of nitrogens with zero attached hydrogens (tertiary/aromatic N) is 4. The molecule has 1 atom stereocenters. The van der Waals surface area contributed by atoms with Gasteiger partial charge in [0.2, 0.25) is 5.91 Å². The molecule has 1 aromatic heterocycles. The second-order valence-corrected chi connectivity index (χ2v) is 9.15. The van der Waals surface area contributed by atoms with E-state index in [4.69, 9.17) is 11.6 Å². The molecule has 1 amide bonds. The maximum Gasteiger partial charge on any atom is 0.292 e. The van der Waals surface area contributed by atoms with Crippen molar-refractivity contribution in [3.8, 4) is 11.4 Å². The Morgan fingerprint density at radius 3 is 2.44 bits per heavy atom. The molecule has 8 nitrogen and oxygen atoms in total. The highest BCUT2D eigenvalue weighted by atomic mass is 35.5. The van der Waals surface area contributed by atoms with Crippen LogP contribution in [0.2, 0.25) is 5.02 Å². The molecule has 10 heteroatoms. The Bertz CT molecular complexity index is 1310. The molecule has 1 unspecified atom stereocenters. The number of nitro benzene ring substituents is 1. The molecule has 1 N–H and O–H groups in total. The number of amides is 1. The fourth-order valence-electron chi connectivity index (χ4n) is 3.28. The predicted octanol–water partition coefficient (Wildman–Crippen LogP) is 5.67. The molecule has 0 aliphatic rings. The highest BCUT2D eigenvalue weighted by Gasteiger charge is 2.23. The minimum absolute atomic E-state index is 0.151. The molecule has 0 aliphatic heterocycles. The number of anilines is 1. The average Bonchev–Trinajstić information content (AvgIpc) is 3.22. The summed E-state index contributed by atoms with van der Waals surface area (Å²) in [6, 6.07) is 23.2. The molecule has 3 aromatic carbocycles. The number of benzene rings is 3. The van der Waals surface area contributed by atoms with Crippen LogP contribution >= 0.6 is 23.4 Å². The van der Waals surface area contributed by atoms with E-state index in [1.165, 1.54) is 23.9 Å². The number of hydrogen-bond donors (Lipinski definition) is 1. The number of hydrogen-bond acceptors (Lipinski definition) is 6. The summed E-state index contributed by atoms with van der Waals surface area (Å²) in [6.45, 7) is 2.23. The Morgan fingerprint density at radius 1 is 1.06 bits per heavy atom. The zero-order valence-corrected chi connectivity index (χ0v) is 19.7. The van der Waals surface area contributed by atoms with Crippen molar-refractivity contribution in [3.63, 3.8) is 0 Å². The van der Waals surface area contributed by atoms with Gasteiger partial charge >= 0.3 is 0 Å². The van der Waals surface area contributed by atoms with Crippen LogP contribution in [0.3, 0.4) is 0 Å². The van der Waals surface area contributed by atoms with Crippen LogP contribution in [0.5, 0.6) is 0 Å². The van der Waals surface area contributed by atoms with Crippen molar-refractivity contribution < 1.29 is 9.72 Å². The molecule has 0 bridgehead atoms. The van der Waals surface area contributed by atoms with Gasteiger partial charge in [-0.05, 0) is 42.8 Å². The van der Waals surface area contributed by atoms with Gasteiger partial charge in [0.25, 0.3) is 5.69 Å². The Balaban J connectivity index is 1.60. The average molecular weight is 494 g/mol. The van der Waals surface area contributed by atoms with Gasteiger partial charge in [0, 0.05) is 16.7 Å². The summed E-state index contributed by atoms with van der Waals surface area (Å²) in [4.78, 5) is 23.6. The summed E-state index contributed by atoms with van der Waals surface area (Å²) in [7, 11) is 0. The van der Waals surface area contributed by atoms with Crippen molar-refractivity contribution in [1.29, 1.82) is 0 Å². The molecule has 34 heavy (non-hydrogen) atoms. The van der Waals surface area contributed by atoms with Gasteiger partial charge in [-0.2, -0.15) is 0 Å². The lowest BCUT2D eigenvalue weighted by molar-refractivity contribution is -0.383. The van der Waals surface area contributed by atoms with Gasteiger partial charge in [-0.25, -0.2) is 0 Å². The maximum atomic E-state index is 12.8. The van der Waals surface area contributed by atoms with E-state index in [1.54, 1.807) is 31.2 Å². The first-order valence-electron chi connectivity index (χ1n) is 10.4. The summed E-state index contributed by atoms with van der Waals surface area (Å²) in [5.41, 5.74) is 1.89. The number of rotatable bonds is 8. The summed E-state index contributed by atoms with van der Waals surface area (Å²) in [5, 5.41) is 23.2. The second-order valence-electron chi connectivity index (χ2n) is 7.41. The van der Waals surface area contributed by atoms with Crippen LogP contribution in [0.1, 0.15) is 12.5 Å². The zero-order valence-electron chi connectivity index (χ0n) is 18.1. The lowest BCUT2D eigenvalue weighted by Gasteiger charge is -2.14. The van der Waals surface area contributed by atoms with Crippen LogP contribution in [0.15, 0.2) is 84.0 Å². The maximum absolute atomic E-state index is 12.8. The second kappa shape index (κ2) is 10.5. The third-order valence-corrected chi connectivity index (χ3v) is 6.35. The van der Waals surface area contributed by atoms with Gasteiger partial charge in [-0.15, -0.1) is 10.2 Å². The minimum Gasteiger partial charge on any atom is -0.319 e. The molecule has 0 saturated carbocycles. The van der Waals surface area contributed by atoms with Gasteiger partial charge in [-0.1, -0.05) is 65.8 Å². The Kier molecular flexibility index (Phi) is 7.24. The van der Waals surface area contributed by atoms with Crippen molar-refractivity contribution in [3.05, 3.63) is 99.6 Å². The lowest BCUT2D eigenvalue weighted by atomic mass is 10.2. The van der Waals surface area contributed by atoms with Crippen LogP contribution in [-0.2, 0) is 11.3 Å². The number of aromatic nitrogens is 3. The predicted molar refractivity (Wildman–Crippen MR) is 133 cm³/mol. The van der Waals surface area contributed by atoms with Crippen molar-refractivity contribution in [1.82, 2.24) is 14.8 Å². The standard InChI is InChI=1S/C24H20ClN5O3S/c1-16(23(31)26-20-9-5-6-10-21(20)30(32)33)34-24-28-27-22(18-11-13-19(25)14-12-18)29(24)15-17-7-3-2-4-8-17/h2-14,16H,15H2,1H3,(H,26,31). The van der Waals surface area contributed by atoms with Crippen molar-refractivity contribution in [2.75, 3.05) is 5.32 Å². The molecule has 0 fully saturated rings. The fraction of sp³-hybridized carbons (Fsp3) is 0.125. The first-order valence-corrected chi connectivity index (χ1v) is 11.6. The number of carbonyl (C=O) groups is 1. The first kappa shape index (κ1) is 23.5. The van der Waals surface area contributed by atoms with Gasteiger partial charge in [0.15, 0.2) is 11.0 Å². The summed E-state index contributed by atoms with van der Waals surface area (Å²) in [5.74, 6) is 0.274. The van der Waals surface area contributed by atoms with Crippen molar-refractivity contribution in [2.24, 2.45) is 0 Å². The van der Waals surface area contributed by atoms with Gasteiger partial charge in [-0.3, -0.25) is 19.5 Å². The minimum atomic E-state index is -0.586. The van der Waals surface area contributed by atoms with Crippen LogP contribution in [0.25, 0.3) is 11.4 Å². The molecule has 0 aliphatic carbocycles. The van der Waals surface area contributed by atoms with E-state index in [0.29, 0.717) is 22.5 Å². The highest BCUT2D eigenvalue weighted by molar-refractivity contribution is 8.00. The van der Waals surface area contributed by atoms with Crippen LogP contribution in [0.4, 0.5) is 11.4 Å². The van der Waals surface area contributed by atoms with E-state index in [2.05, 4.69) is 15.5 Å². The zero-order chi connectivity index (χ0) is 24.1. The Hall–Kier alpha value is -3.69. The molecule has 1 heterocycles. The van der Waals surface area contributed by atoms with E-state index < -0.39 is 10.2 Å². The third-order valence-electron chi connectivity index (χ3n) is 5.01. The van der Waals surface area contributed by atoms with E-state index in [9.17, 15) is 14.9 Å². The van der Waals surface area contributed by atoms with Crippen LogP contribution < -0.4 is 5.32 Å². The molecule has 0 spiro atoms. The van der Waals surface area contributed by atoms with Crippen molar-refractivity contribution >= 4 is 40.6 Å². The Morgan fingerprint density at radius 2 is 1.74 bits per heavy atom. The number of thioether (sulfide) groups is 1. The van der Waals surface area contributed by atoms with Gasteiger partial charge in [0.1, 0.15) is 5.69 Å². The van der Waals surface area contributed by atoms with Crippen LogP contribution in [-0.4, -0.2) is 30.8 Å². The molecule has 0 saturated heterocycles. The molecule has 0 radical (unpaired) electrons. The van der Waals surface area contributed by atoms with E-state index >= 15 is 0 Å². The highest BCUT2D eigenvalue weighted by Crippen LogP contribution is 2.30. The lowest BCUT2D eigenvalue weighted by Crippen LogP contribution is -2.23. The summed E-state index contributed by atoms with van der Waals surface area (Å²) in [6.07, 6.45) is 0. The molecule has 4 aromatic rings. The third kappa shape index (κ3) is 5.44. The van der Waals surface area contributed by atoms with E-state index in [0.717, 1.165) is 11.1 Å². The number of nitrogens with one attached hydrogen (secondary N) is 1. The number of halogens is 1. The SMILES string of the molecule is CC(Sc1nnc(-c2ccc(Cl)cc2)n1Cc1ccccc1)C(=O)Nc1ccccc1[N+](=O)[O-]. The van der Waals surface area contributed by atoms with Gasteiger partial charge in [0.05, 0.1) is 16.7 Å². The largest absolute Gasteiger partial charge is 0.319 e. The topological polar surface area (TPSA) is 103 Å². The quantitative estimate of drug-likeness (QED) is 0.192. The smallest absolute Gasteiger partial charge is 0.292 e. The van der Waals surface area contributed by atoms with E-state index in [1.807, 2.05) is 47.0 Å². The Labute approximate surface area is 205 Å². The number of para-hydroxylation sites is 2. The normalized spacial score (nSPS) is 11.7. The molecular formula is C24H20ClN5O3S. The first-order chi connectivity index (χ1) is 16.4. The van der Waals surface area contributed by atoms with Crippen molar-refractivity contribution in [2.45, 2.75) is 23.9 Å². The van der Waals surface area contributed by atoms with E-state index in [-0.39, 0.29) is 17.3 Å². The number of carbonyl (C=O) groups excluding carboxylic acids is 1. The summed E-state index contributed by atoms with van der Waals surface area (Å²) >= 11 is 7.27. The monoisotopic (exact) mass is 493 g/mol. The molecule has 4 rings (SSSR count). The number of nitro groups is 1.